The molecular formula is C11H25NS. The van der Waals surface area contributed by atoms with Gasteiger partial charge in [0.15, 0.2) is 0 Å². The normalized spacial score (nSPS) is 13.2. The highest BCUT2D eigenvalue weighted by atomic mass is 32.2. The minimum absolute atomic E-state index is 0.705. The number of hydrogen-bond acceptors (Lipinski definition) is 2. The van der Waals surface area contributed by atoms with Gasteiger partial charge in [-0.1, -0.05) is 26.7 Å². The van der Waals surface area contributed by atoms with Gasteiger partial charge >= 0.3 is 0 Å². The van der Waals surface area contributed by atoms with Gasteiger partial charge in [0.05, 0.1) is 0 Å². The van der Waals surface area contributed by atoms with E-state index in [1.165, 1.54) is 43.7 Å². The van der Waals surface area contributed by atoms with Crippen LogP contribution in [0.1, 0.15) is 46.5 Å². The fourth-order valence-electron chi connectivity index (χ4n) is 1.23. The summed E-state index contributed by atoms with van der Waals surface area (Å²) in [5.41, 5.74) is 0. The lowest BCUT2D eigenvalue weighted by molar-refractivity contribution is 0.517. The summed E-state index contributed by atoms with van der Waals surface area (Å²) in [7, 11) is 0. The molecule has 1 nitrogen and oxygen atoms in total. The van der Waals surface area contributed by atoms with Crippen molar-refractivity contribution >= 4 is 11.8 Å². The second-order valence-electron chi connectivity index (χ2n) is 3.55. The Morgan fingerprint density at radius 2 is 2.00 bits per heavy atom. The van der Waals surface area contributed by atoms with E-state index in [0.717, 1.165) is 0 Å². The molecular weight excluding hydrogens is 178 g/mol. The van der Waals surface area contributed by atoms with Crippen LogP contribution in [0.3, 0.4) is 0 Å². The van der Waals surface area contributed by atoms with Gasteiger partial charge in [-0.15, -0.1) is 0 Å². The zero-order valence-corrected chi connectivity index (χ0v) is 10.3. The zero-order chi connectivity index (χ0) is 9.94. The largest absolute Gasteiger partial charge is 0.314 e. The summed E-state index contributed by atoms with van der Waals surface area (Å²) in [6.45, 7) is 7.97. The van der Waals surface area contributed by atoms with Gasteiger partial charge in [0.25, 0.3) is 0 Å². The van der Waals surface area contributed by atoms with E-state index in [2.05, 4.69) is 26.1 Å². The van der Waals surface area contributed by atoms with Crippen molar-refractivity contribution in [3.63, 3.8) is 0 Å². The Balaban J connectivity index is 3.05. The topological polar surface area (TPSA) is 12.0 Å². The molecule has 0 heterocycles. The number of nitrogens with one attached hydrogen (secondary N) is 1. The van der Waals surface area contributed by atoms with Crippen LogP contribution in [0.5, 0.6) is 0 Å². The highest BCUT2D eigenvalue weighted by molar-refractivity contribution is 7.99. The summed E-state index contributed by atoms with van der Waals surface area (Å²) >= 11 is 2.04. The predicted molar refractivity (Wildman–Crippen MR) is 64.6 cm³/mol. The van der Waals surface area contributed by atoms with Crippen LogP contribution in [0.2, 0.25) is 0 Å². The zero-order valence-electron chi connectivity index (χ0n) is 9.44. The quantitative estimate of drug-likeness (QED) is 0.577. The molecule has 1 atom stereocenters. The van der Waals surface area contributed by atoms with E-state index >= 15 is 0 Å². The van der Waals surface area contributed by atoms with Crippen LogP contribution in [0, 0.1) is 0 Å². The monoisotopic (exact) mass is 203 g/mol. The lowest BCUT2D eigenvalue weighted by atomic mass is 10.2. The van der Waals surface area contributed by atoms with Gasteiger partial charge in [-0.3, -0.25) is 0 Å². The van der Waals surface area contributed by atoms with E-state index in [-0.39, 0.29) is 0 Å². The van der Waals surface area contributed by atoms with Gasteiger partial charge in [0, 0.05) is 6.04 Å². The highest BCUT2D eigenvalue weighted by Crippen LogP contribution is 2.03. The average Bonchev–Trinajstić information content (AvgIpc) is 2.13. The molecule has 0 aliphatic heterocycles. The summed E-state index contributed by atoms with van der Waals surface area (Å²) < 4.78 is 0. The standard InChI is InChI=1S/C11H25NS/c1-4-6-7-9-12-11(3)8-10-13-5-2/h11-12H,4-10H2,1-3H3. The smallest absolute Gasteiger partial charge is 0.00465 e. The Bertz CT molecular complexity index is 96.1. The molecule has 0 aliphatic rings. The van der Waals surface area contributed by atoms with Crippen molar-refractivity contribution < 1.29 is 0 Å². The third-order valence-electron chi connectivity index (χ3n) is 2.17. The second kappa shape index (κ2) is 10.4. The van der Waals surface area contributed by atoms with Gasteiger partial charge in [-0.2, -0.15) is 11.8 Å². The van der Waals surface area contributed by atoms with Gasteiger partial charge in [0.1, 0.15) is 0 Å². The lowest BCUT2D eigenvalue weighted by Crippen LogP contribution is -2.27. The Kier molecular flexibility index (Phi) is 10.6. The van der Waals surface area contributed by atoms with Gasteiger partial charge in [0.2, 0.25) is 0 Å². The molecule has 0 radical (unpaired) electrons. The van der Waals surface area contributed by atoms with Crippen molar-refractivity contribution in [3.05, 3.63) is 0 Å². The average molecular weight is 203 g/mol. The van der Waals surface area contributed by atoms with E-state index in [4.69, 9.17) is 0 Å². The van der Waals surface area contributed by atoms with Crippen molar-refractivity contribution in [3.8, 4) is 0 Å². The Labute approximate surface area is 88.1 Å². The lowest BCUT2D eigenvalue weighted by Gasteiger charge is -2.12. The molecule has 0 aromatic heterocycles. The van der Waals surface area contributed by atoms with Crippen LogP contribution in [-0.2, 0) is 0 Å². The maximum Gasteiger partial charge on any atom is 0.00465 e. The van der Waals surface area contributed by atoms with Gasteiger partial charge in [-0.25, -0.2) is 0 Å². The molecule has 0 aromatic rings. The summed E-state index contributed by atoms with van der Waals surface area (Å²) in [5, 5.41) is 3.56. The van der Waals surface area contributed by atoms with E-state index in [1.54, 1.807) is 0 Å². The maximum absolute atomic E-state index is 3.56. The SMILES string of the molecule is CCCCCNC(C)CCSCC. The molecule has 0 saturated heterocycles. The van der Waals surface area contributed by atoms with Crippen molar-refractivity contribution in [1.82, 2.24) is 5.32 Å². The van der Waals surface area contributed by atoms with Crippen molar-refractivity contribution in [1.29, 1.82) is 0 Å². The van der Waals surface area contributed by atoms with E-state index < -0.39 is 0 Å². The summed E-state index contributed by atoms with van der Waals surface area (Å²) in [6.07, 6.45) is 5.33. The second-order valence-corrected chi connectivity index (χ2v) is 4.94. The van der Waals surface area contributed by atoms with E-state index in [9.17, 15) is 0 Å². The first-order chi connectivity index (χ1) is 6.31. The highest BCUT2D eigenvalue weighted by Gasteiger charge is 1.99. The molecule has 0 saturated carbocycles. The number of rotatable bonds is 9. The van der Waals surface area contributed by atoms with E-state index in [0.29, 0.717) is 6.04 Å². The van der Waals surface area contributed by atoms with Crippen molar-refractivity contribution in [2.75, 3.05) is 18.1 Å². The Morgan fingerprint density at radius 3 is 2.62 bits per heavy atom. The molecule has 0 fully saturated rings. The minimum atomic E-state index is 0.705. The van der Waals surface area contributed by atoms with Crippen LogP contribution < -0.4 is 5.32 Å². The fraction of sp³-hybridized carbons (Fsp3) is 1.00. The van der Waals surface area contributed by atoms with Crippen LogP contribution in [0.15, 0.2) is 0 Å². The molecule has 0 rings (SSSR count). The Hall–Kier alpha value is 0.310. The third-order valence-corrected chi connectivity index (χ3v) is 3.11. The third kappa shape index (κ3) is 10.2. The molecule has 0 bridgehead atoms. The molecule has 0 amide bonds. The molecule has 80 valence electrons. The maximum atomic E-state index is 3.56. The Morgan fingerprint density at radius 1 is 1.23 bits per heavy atom. The minimum Gasteiger partial charge on any atom is -0.314 e. The van der Waals surface area contributed by atoms with Gasteiger partial charge < -0.3 is 5.32 Å². The molecule has 0 aliphatic carbocycles. The predicted octanol–water partition coefficient (Wildman–Crippen LogP) is 3.30. The molecule has 2 heteroatoms. The molecule has 0 aromatic carbocycles. The first-order valence-electron chi connectivity index (χ1n) is 5.62. The summed E-state index contributed by atoms with van der Waals surface area (Å²) in [4.78, 5) is 0. The fourth-order valence-corrected chi connectivity index (χ4v) is 2.04. The van der Waals surface area contributed by atoms with Crippen LogP contribution >= 0.6 is 11.8 Å². The van der Waals surface area contributed by atoms with E-state index in [1.807, 2.05) is 11.8 Å². The molecule has 0 spiro atoms. The van der Waals surface area contributed by atoms with Crippen molar-refractivity contribution in [2.45, 2.75) is 52.5 Å². The van der Waals surface area contributed by atoms with Crippen LogP contribution in [0.4, 0.5) is 0 Å². The van der Waals surface area contributed by atoms with Gasteiger partial charge in [-0.05, 0) is 37.8 Å². The number of unbranched alkanes of at least 4 members (excludes halogenated alkanes) is 2. The summed E-state index contributed by atoms with van der Waals surface area (Å²) in [5.74, 6) is 2.56. The molecule has 13 heavy (non-hydrogen) atoms. The first-order valence-corrected chi connectivity index (χ1v) is 6.77. The molecule has 1 unspecified atom stereocenters. The van der Waals surface area contributed by atoms with Crippen LogP contribution in [-0.4, -0.2) is 24.1 Å². The number of hydrogen-bond donors (Lipinski definition) is 1. The number of thioether (sulfide) groups is 1. The summed E-state index contributed by atoms with van der Waals surface area (Å²) in [6, 6.07) is 0.705. The first kappa shape index (κ1) is 13.3. The van der Waals surface area contributed by atoms with Crippen LogP contribution in [0.25, 0.3) is 0 Å². The molecule has 1 N–H and O–H groups in total. The van der Waals surface area contributed by atoms with Crippen molar-refractivity contribution in [2.24, 2.45) is 0 Å².